The fourth-order valence-electron chi connectivity index (χ4n) is 1.57. The van der Waals surface area contributed by atoms with Gasteiger partial charge in [0.15, 0.2) is 0 Å². The molecule has 0 spiro atoms. The van der Waals surface area contributed by atoms with E-state index < -0.39 is 23.8 Å². The molecule has 0 fully saturated rings. The number of hydrogen-bond donors (Lipinski definition) is 2. The van der Waals surface area contributed by atoms with Crippen molar-refractivity contribution in [3.05, 3.63) is 48.1 Å². The summed E-state index contributed by atoms with van der Waals surface area (Å²) in [6.45, 7) is -0.0437. The number of aliphatic hydroxyl groups excluding tert-OH is 2. The Balaban J connectivity index is 2.12. The lowest BCUT2D eigenvalue weighted by Crippen LogP contribution is -2.25. The Bertz CT molecular complexity index is 519. The van der Waals surface area contributed by atoms with Crippen molar-refractivity contribution in [2.24, 2.45) is 0 Å². The van der Waals surface area contributed by atoms with Crippen molar-refractivity contribution in [1.82, 2.24) is 14.8 Å². The summed E-state index contributed by atoms with van der Waals surface area (Å²) in [4.78, 5) is 3.67. The Hall–Kier alpha value is -1.86. The first-order valence-electron chi connectivity index (χ1n) is 5.21. The van der Waals surface area contributed by atoms with Gasteiger partial charge in [0.1, 0.15) is 36.5 Å². The molecule has 0 bridgehead atoms. The van der Waals surface area contributed by atoms with E-state index in [1.165, 1.54) is 17.3 Å². The number of benzene rings is 1. The van der Waals surface area contributed by atoms with Crippen LogP contribution in [-0.4, -0.2) is 31.1 Å². The van der Waals surface area contributed by atoms with Gasteiger partial charge in [0, 0.05) is 11.6 Å². The van der Waals surface area contributed by atoms with Crippen LogP contribution >= 0.6 is 0 Å². The molecule has 2 unspecified atom stereocenters. The third-order valence-corrected chi connectivity index (χ3v) is 2.49. The molecule has 96 valence electrons. The lowest BCUT2D eigenvalue weighted by Gasteiger charge is -2.18. The van der Waals surface area contributed by atoms with Gasteiger partial charge in [-0.05, 0) is 6.07 Å². The fourth-order valence-corrected chi connectivity index (χ4v) is 1.57. The molecule has 2 aromatic rings. The van der Waals surface area contributed by atoms with Crippen molar-refractivity contribution in [3.8, 4) is 0 Å². The van der Waals surface area contributed by atoms with E-state index in [-0.39, 0.29) is 12.1 Å². The van der Waals surface area contributed by atoms with E-state index in [4.69, 9.17) is 0 Å². The van der Waals surface area contributed by atoms with Crippen molar-refractivity contribution in [1.29, 1.82) is 0 Å². The van der Waals surface area contributed by atoms with Crippen molar-refractivity contribution in [2.45, 2.75) is 18.8 Å². The lowest BCUT2D eigenvalue weighted by molar-refractivity contribution is 0.00412. The van der Waals surface area contributed by atoms with Gasteiger partial charge in [-0.1, -0.05) is 6.07 Å². The minimum atomic E-state index is -1.46. The van der Waals surface area contributed by atoms with Crippen LogP contribution in [0.3, 0.4) is 0 Å². The molecule has 0 radical (unpaired) electrons. The Morgan fingerprint density at radius 1 is 1.28 bits per heavy atom. The summed E-state index contributed by atoms with van der Waals surface area (Å²) in [6, 6.07) is 2.77. The molecule has 0 aliphatic rings. The largest absolute Gasteiger partial charge is 0.388 e. The van der Waals surface area contributed by atoms with Crippen LogP contribution < -0.4 is 0 Å². The summed E-state index contributed by atoms with van der Waals surface area (Å²) in [5.41, 5.74) is -0.163. The maximum Gasteiger partial charge on any atom is 0.137 e. The average molecular weight is 255 g/mol. The van der Waals surface area contributed by atoms with Crippen LogP contribution in [0, 0.1) is 11.6 Å². The van der Waals surface area contributed by atoms with Crippen LogP contribution in [0.25, 0.3) is 0 Å². The molecule has 2 N–H and O–H groups in total. The van der Waals surface area contributed by atoms with Crippen molar-refractivity contribution < 1.29 is 19.0 Å². The smallest absolute Gasteiger partial charge is 0.137 e. The van der Waals surface area contributed by atoms with Crippen molar-refractivity contribution in [2.75, 3.05) is 0 Å². The Labute approximate surface area is 101 Å². The topological polar surface area (TPSA) is 71.2 Å². The molecule has 7 heteroatoms. The van der Waals surface area contributed by atoms with Gasteiger partial charge in [-0.15, -0.1) is 0 Å². The van der Waals surface area contributed by atoms with E-state index in [1.54, 1.807) is 0 Å². The van der Waals surface area contributed by atoms with Gasteiger partial charge in [-0.3, -0.25) is 4.68 Å². The van der Waals surface area contributed by atoms with E-state index in [1.807, 2.05) is 0 Å². The molecule has 5 nitrogen and oxygen atoms in total. The molecular formula is C11H11F2N3O2. The monoisotopic (exact) mass is 255 g/mol. The van der Waals surface area contributed by atoms with E-state index in [0.717, 1.165) is 12.1 Å². The highest BCUT2D eigenvalue weighted by Gasteiger charge is 2.22. The molecule has 0 saturated carbocycles. The second kappa shape index (κ2) is 5.19. The summed E-state index contributed by atoms with van der Waals surface area (Å²) in [7, 11) is 0. The summed E-state index contributed by atoms with van der Waals surface area (Å²) in [5.74, 6) is -1.64. The number of aromatic nitrogens is 3. The van der Waals surface area contributed by atoms with Crippen LogP contribution in [0.2, 0.25) is 0 Å². The minimum Gasteiger partial charge on any atom is -0.388 e. The average Bonchev–Trinajstić information content (AvgIpc) is 2.81. The number of halogens is 2. The third-order valence-electron chi connectivity index (χ3n) is 2.49. The number of hydrogen-bond acceptors (Lipinski definition) is 4. The summed E-state index contributed by atoms with van der Waals surface area (Å²) >= 11 is 0. The van der Waals surface area contributed by atoms with Crippen LogP contribution in [0.1, 0.15) is 11.7 Å². The normalized spacial score (nSPS) is 14.4. The number of aliphatic hydroxyl groups is 2. The molecule has 18 heavy (non-hydrogen) atoms. The van der Waals surface area contributed by atoms with Crippen molar-refractivity contribution >= 4 is 0 Å². The predicted molar refractivity (Wildman–Crippen MR) is 57.3 cm³/mol. The Morgan fingerprint density at radius 2 is 2.06 bits per heavy atom. The second-order valence-electron chi connectivity index (χ2n) is 3.80. The first-order chi connectivity index (χ1) is 8.58. The number of rotatable bonds is 4. The quantitative estimate of drug-likeness (QED) is 0.841. The van der Waals surface area contributed by atoms with Gasteiger partial charge >= 0.3 is 0 Å². The summed E-state index contributed by atoms with van der Waals surface area (Å²) < 4.78 is 27.4. The van der Waals surface area contributed by atoms with Crippen LogP contribution in [0.4, 0.5) is 8.78 Å². The molecule has 0 amide bonds. The van der Waals surface area contributed by atoms with Gasteiger partial charge in [0.25, 0.3) is 0 Å². The Kier molecular flexibility index (Phi) is 3.63. The van der Waals surface area contributed by atoms with Crippen LogP contribution in [0.15, 0.2) is 30.9 Å². The zero-order valence-corrected chi connectivity index (χ0v) is 9.24. The Morgan fingerprint density at radius 3 is 2.67 bits per heavy atom. The molecule has 2 atom stereocenters. The predicted octanol–water partition coefficient (Wildman–Crippen LogP) is 0.651. The van der Waals surface area contributed by atoms with E-state index in [0.29, 0.717) is 6.07 Å². The SMILES string of the molecule is OC(Cn1cncn1)C(O)c1ccc(F)cc1F. The molecule has 0 aliphatic carbocycles. The van der Waals surface area contributed by atoms with Gasteiger partial charge in [0.2, 0.25) is 0 Å². The molecular weight excluding hydrogens is 244 g/mol. The number of nitrogens with zero attached hydrogens (tertiary/aromatic N) is 3. The third kappa shape index (κ3) is 2.69. The van der Waals surface area contributed by atoms with Gasteiger partial charge in [-0.2, -0.15) is 5.10 Å². The molecule has 1 heterocycles. The summed E-state index contributed by atoms with van der Waals surface area (Å²) in [5, 5.41) is 23.3. The van der Waals surface area contributed by atoms with Crippen molar-refractivity contribution in [3.63, 3.8) is 0 Å². The minimum absolute atomic E-state index is 0.0437. The molecule has 0 aliphatic heterocycles. The maximum absolute atomic E-state index is 13.4. The molecule has 1 aromatic heterocycles. The zero-order chi connectivity index (χ0) is 13.1. The zero-order valence-electron chi connectivity index (χ0n) is 9.24. The van der Waals surface area contributed by atoms with Gasteiger partial charge in [-0.25, -0.2) is 13.8 Å². The van der Waals surface area contributed by atoms with E-state index >= 15 is 0 Å². The van der Waals surface area contributed by atoms with Crippen LogP contribution in [0.5, 0.6) is 0 Å². The highest BCUT2D eigenvalue weighted by molar-refractivity contribution is 5.21. The van der Waals surface area contributed by atoms with Crippen LogP contribution in [-0.2, 0) is 6.54 Å². The standard InChI is InChI=1S/C11H11F2N3O2/c12-7-1-2-8(9(13)3-7)11(18)10(17)4-16-6-14-5-15-16/h1-3,5-6,10-11,17-18H,4H2. The highest BCUT2D eigenvalue weighted by atomic mass is 19.1. The second-order valence-corrected chi connectivity index (χ2v) is 3.80. The first kappa shape index (κ1) is 12.6. The summed E-state index contributed by atoms with van der Waals surface area (Å²) in [6.07, 6.45) is -0.101. The highest BCUT2D eigenvalue weighted by Crippen LogP contribution is 2.21. The van der Waals surface area contributed by atoms with E-state index in [9.17, 15) is 19.0 Å². The molecule has 2 rings (SSSR count). The fraction of sp³-hybridized carbons (Fsp3) is 0.273. The molecule has 1 aromatic carbocycles. The molecule has 0 saturated heterocycles. The lowest BCUT2D eigenvalue weighted by atomic mass is 10.0. The first-order valence-corrected chi connectivity index (χ1v) is 5.21. The van der Waals surface area contributed by atoms with Gasteiger partial charge in [0.05, 0.1) is 6.54 Å². The maximum atomic E-state index is 13.4. The van der Waals surface area contributed by atoms with Gasteiger partial charge < -0.3 is 10.2 Å². The van der Waals surface area contributed by atoms with E-state index in [2.05, 4.69) is 10.1 Å².